The first-order valence-electron chi connectivity index (χ1n) is 8.71. The molecule has 6 nitrogen and oxygen atoms in total. The fraction of sp³-hybridized carbons (Fsp3) is 0.611. The highest BCUT2D eigenvalue weighted by Gasteiger charge is 2.32. The molecule has 0 bridgehead atoms. The largest absolute Gasteiger partial charge is 0.490 e. The van der Waals surface area contributed by atoms with Crippen molar-refractivity contribution in [1.29, 1.82) is 0 Å². The lowest BCUT2D eigenvalue weighted by Gasteiger charge is -2.25. The molecule has 1 aliphatic carbocycles. The fourth-order valence-electron chi connectivity index (χ4n) is 3.01. The van der Waals surface area contributed by atoms with Crippen molar-refractivity contribution in [3.8, 4) is 11.5 Å². The summed E-state index contributed by atoms with van der Waals surface area (Å²) in [4.78, 5) is 6.63. The standard InChI is InChI=1S/C18H28N4O2.HI/c1-19-18(20-12-15(22(2)3)13-5-6-13)21-14-7-8-16-17(11-14)24-10-4-9-23-16;/h7-8,11,13,15H,4-6,9-10,12H2,1-3H3,(H2,19,20,21);1H. The Morgan fingerprint density at radius 1 is 1.24 bits per heavy atom. The lowest BCUT2D eigenvalue weighted by Crippen LogP contribution is -2.43. The van der Waals surface area contributed by atoms with Crippen LogP contribution in [0, 0.1) is 5.92 Å². The number of nitrogens with one attached hydrogen (secondary N) is 2. The van der Waals surface area contributed by atoms with E-state index < -0.39 is 0 Å². The topological polar surface area (TPSA) is 58.1 Å². The van der Waals surface area contributed by atoms with E-state index in [2.05, 4.69) is 34.6 Å². The molecule has 1 heterocycles. The molecule has 0 aromatic heterocycles. The number of hydrogen-bond donors (Lipinski definition) is 2. The molecule has 3 rings (SSSR count). The van der Waals surface area contributed by atoms with Crippen LogP contribution in [0.15, 0.2) is 23.2 Å². The first-order chi connectivity index (χ1) is 11.7. The van der Waals surface area contributed by atoms with Crippen LogP contribution in [0.25, 0.3) is 0 Å². The molecular weight excluding hydrogens is 431 g/mol. The van der Waals surface area contributed by atoms with Gasteiger partial charge in [0.25, 0.3) is 0 Å². The third-order valence-corrected chi connectivity index (χ3v) is 4.54. The summed E-state index contributed by atoms with van der Waals surface area (Å²) in [5, 5.41) is 6.78. The van der Waals surface area contributed by atoms with Crippen LogP contribution in [0.5, 0.6) is 11.5 Å². The lowest BCUT2D eigenvalue weighted by molar-refractivity contribution is 0.264. The van der Waals surface area contributed by atoms with Gasteiger partial charge in [0.15, 0.2) is 17.5 Å². The van der Waals surface area contributed by atoms with Gasteiger partial charge in [-0.2, -0.15) is 0 Å². The molecule has 7 heteroatoms. The van der Waals surface area contributed by atoms with E-state index in [4.69, 9.17) is 9.47 Å². The first-order valence-corrected chi connectivity index (χ1v) is 8.71. The Bertz CT molecular complexity index is 588. The van der Waals surface area contributed by atoms with Crippen LogP contribution in [0.2, 0.25) is 0 Å². The van der Waals surface area contributed by atoms with Gasteiger partial charge in [0.1, 0.15) is 0 Å². The fourth-order valence-corrected chi connectivity index (χ4v) is 3.01. The second kappa shape index (κ2) is 9.47. The van der Waals surface area contributed by atoms with E-state index in [1.807, 2.05) is 18.2 Å². The van der Waals surface area contributed by atoms with Crippen molar-refractivity contribution >= 4 is 35.6 Å². The molecule has 1 aliphatic heterocycles. The van der Waals surface area contributed by atoms with Gasteiger partial charge in [-0.15, -0.1) is 24.0 Å². The number of nitrogens with zero attached hydrogens (tertiary/aromatic N) is 2. The van der Waals surface area contributed by atoms with E-state index in [-0.39, 0.29) is 24.0 Å². The Morgan fingerprint density at radius 3 is 2.60 bits per heavy atom. The quantitative estimate of drug-likeness (QED) is 0.402. The first kappa shape index (κ1) is 20.1. The van der Waals surface area contributed by atoms with Gasteiger partial charge in [0.2, 0.25) is 0 Å². The molecule has 1 atom stereocenters. The van der Waals surface area contributed by atoms with Gasteiger partial charge in [-0.3, -0.25) is 4.99 Å². The molecule has 25 heavy (non-hydrogen) atoms. The Hall–Kier alpha value is -1.22. The lowest BCUT2D eigenvalue weighted by atomic mass is 10.1. The predicted molar refractivity (Wildman–Crippen MR) is 113 cm³/mol. The van der Waals surface area contributed by atoms with Crippen molar-refractivity contribution in [2.75, 3.05) is 46.2 Å². The highest BCUT2D eigenvalue weighted by atomic mass is 127. The smallest absolute Gasteiger partial charge is 0.195 e. The summed E-state index contributed by atoms with van der Waals surface area (Å²) in [5.74, 6) is 3.18. The van der Waals surface area contributed by atoms with Gasteiger partial charge in [0, 0.05) is 37.8 Å². The normalized spacial score (nSPS) is 18.2. The number of anilines is 1. The molecule has 1 unspecified atom stereocenters. The zero-order valence-electron chi connectivity index (χ0n) is 15.2. The van der Waals surface area contributed by atoms with E-state index in [1.54, 1.807) is 7.05 Å². The van der Waals surface area contributed by atoms with Crippen molar-refractivity contribution < 1.29 is 9.47 Å². The van der Waals surface area contributed by atoms with Crippen molar-refractivity contribution in [3.05, 3.63) is 18.2 Å². The number of likely N-dealkylation sites (N-methyl/N-ethyl adjacent to an activating group) is 1. The maximum Gasteiger partial charge on any atom is 0.195 e. The molecule has 1 aromatic carbocycles. The Kier molecular flexibility index (Phi) is 7.61. The van der Waals surface area contributed by atoms with Crippen LogP contribution in [0.4, 0.5) is 5.69 Å². The summed E-state index contributed by atoms with van der Waals surface area (Å²) in [6.45, 7) is 2.29. The second-order valence-corrected chi connectivity index (χ2v) is 6.66. The van der Waals surface area contributed by atoms with Crippen molar-refractivity contribution in [2.24, 2.45) is 10.9 Å². The minimum absolute atomic E-state index is 0. The van der Waals surface area contributed by atoms with Crippen molar-refractivity contribution in [3.63, 3.8) is 0 Å². The number of guanidine groups is 1. The van der Waals surface area contributed by atoms with Gasteiger partial charge < -0.3 is 25.0 Å². The van der Waals surface area contributed by atoms with Gasteiger partial charge in [-0.05, 0) is 45.0 Å². The van der Waals surface area contributed by atoms with Gasteiger partial charge in [0.05, 0.1) is 13.2 Å². The minimum atomic E-state index is 0. The Morgan fingerprint density at radius 2 is 1.96 bits per heavy atom. The van der Waals surface area contributed by atoms with E-state index in [9.17, 15) is 0 Å². The molecule has 140 valence electrons. The molecule has 1 fully saturated rings. The summed E-state index contributed by atoms with van der Waals surface area (Å²) < 4.78 is 11.4. The Balaban J connectivity index is 0.00000225. The predicted octanol–water partition coefficient (Wildman–Crippen LogP) is 2.79. The number of aliphatic imine (C=N–C) groups is 1. The highest BCUT2D eigenvalue weighted by molar-refractivity contribution is 14.0. The summed E-state index contributed by atoms with van der Waals surface area (Å²) in [6.07, 6.45) is 3.57. The number of benzene rings is 1. The van der Waals surface area contributed by atoms with Gasteiger partial charge >= 0.3 is 0 Å². The summed E-state index contributed by atoms with van der Waals surface area (Å²) in [5.41, 5.74) is 0.945. The van der Waals surface area contributed by atoms with Crippen LogP contribution in [-0.2, 0) is 0 Å². The van der Waals surface area contributed by atoms with Crippen LogP contribution in [0.3, 0.4) is 0 Å². The third kappa shape index (κ3) is 5.64. The summed E-state index contributed by atoms with van der Waals surface area (Å²) >= 11 is 0. The van der Waals surface area contributed by atoms with Crippen molar-refractivity contribution in [2.45, 2.75) is 25.3 Å². The van der Waals surface area contributed by atoms with Crippen LogP contribution in [-0.4, -0.2) is 57.8 Å². The summed E-state index contributed by atoms with van der Waals surface area (Å²) in [6, 6.07) is 6.46. The third-order valence-electron chi connectivity index (χ3n) is 4.54. The molecule has 1 aromatic rings. The maximum atomic E-state index is 5.74. The maximum absolute atomic E-state index is 5.74. The average molecular weight is 460 g/mol. The average Bonchev–Trinajstić information content (AvgIpc) is 3.40. The monoisotopic (exact) mass is 460 g/mol. The highest BCUT2D eigenvalue weighted by Crippen LogP contribution is 2.34. The molecular formula is C18H29IN4O2. The van der Waals surface area contributed by atoms with Gasteiger partial charge in [-0.25, -0.2) is 0 Å². The molecule has 0 saturated heterocycles. The number of ether oxygens (including phenoxy) is 2. The van der Waals surface area contributed by atoms with E-state index in [0.29, 0.717) is 19.3 Å². The summed E-state index contributed by atoms with van der Waals surface area (Å²) in [7, 11) is 6.08. The molecule has 0 amide bonds. The number of rotatable bonds is 5. The molecule has 0 spiro atoms. The van der Waals surface area contributed by atoms with Crippen molar-refractivity contribution in [1.82, 2.24) is 10.2 Å². The second-order valence-electron chi connectivity index (χ2n) is 6.66. The zero-order chi connectivity index (χ0) is 16.9. The minimum Gasteiger partial charge on any atom is -0.490 e. The van der Waals surface area contributed by atoms with Crippen LogP contribution in [0.1, 0.15) is 19.3 Å². The van der Waals surface area contributed by atoms with E-state index in [1.165, 1.54) is 12.8 Å². The molecule has 2 aliphatic rings. The molecule has 1 saturated carbocycles. The molecule has 0 radical (unpaired) electrons. The molecule has 2 N–H and O–H groups in total. The number of hydrogen-bond acceptors (Lipinski definition) is 4. The van der Waals surface area contributed by atoms with Crippen LogP contribution < -0.4 is 20.1 Å². The number of fused-ring (bicyclic) bond motifs is 1. The Labute approximate surface area is 167 Å². The van der Waals surface area contributed by atoms with Crippen LogP contribution >= 0.6 is 24.0 Å². The zero-order valence-corrected chi connectivity index (χ0v) is 17.6. The number of halogens is 1. The van der Waals surface area contributed by atoms with Gasteiger partial charge in [-0.1, -0.05) is 0 Å². The van der Waals surface area contributed by atoms with E-state index in [0.717, 1.165) is 42.0 Å². The SMILES string of the molecule is CN=C(NCC(C1CC1)N(C)C)Nc1ccc2c(c1)OCCCO2.I. The van der Waals surface area contributed by atoms with E-state index >= 15 is 0 Å².